The Morgan fingerprint density at radius 2 is 1.87 bits per heavy atom. The van der Waals surface area contributed by atoms with E-state index in [-0.39, 0.29) is 0 Å². The number of nitrogen functional groups attached to an aromatic ring is 1. The second kappa shape index (κ2) is 4.45. The number of anilines is 1. The highest BCUT2D eigenvalue weighted by Gasteiger charge is 2.02. The van der Waals surface area contributed by atoms with E-state index < -0.39 is 0 Å². The van der Waals surface area contributed by atoms with E-state index in [0.29, 0.717) is 5.82 Å². The molecule has 3 heteroatoms. The number of aromatic nitrogens is 1. The summed E-state index contributed by atoms with van der Waals surface area (Å²) in [5.41, 5.74) is 9.02. The molecular formula is C12H11BrN2. The lowest BCUT2D eigenvalue weighted by atomic mass is 10.1. The van der Waals surface area contributed by atoms with Crippen LogP contribution in [0.25, 0.3) is 11.1 Å². The lowest BCUT2D eigenvalue weighted by Gasteiger charge is -2.05. The number of alkyl halides is 1. The first-order valence-electron chi connectivity index (χ1n) is 4.67. The van der Waals surface area contributed by atoms with E-state index >= 15 is 0 Å². The van der Waals surface area contributed by atoms with Gasteiger partial charge in [0.1, 0.15) is 5.82 Å². The van der Waals surface area contributed by atoms with Crippen molar-refractivity contribution in [2.24, 2.45) is 0 Å². The number of pyridine rings is 1. The molecule has 0 saturated heterocycles. The maximum absolute atomic E-state index is 5.74. The molecule has 2 N–H and O–H groups in total. The van der Waals surface area contributed by atoms with E-state index in [0.717, 1.165) is 22.0 Å². The van der Waals surface area contributed by atoms with Gasteiger partial charge in [-0.1, -0.05) is 46.3 Å². The summed E-state index contributed by atoms with van der Waals surface area (Å²) in [4.78, 5) is 4.17. The molecule has 0 aliphatic heterocycles. The van der Waals surface area contributed by atoms with Crippen LogP contribution in [-0.4, -0.2) is 4.98 Å². The Bertz CT molecular complexity index is 454. The van der Waals surface area contributed by atoms with E-state index in [1.165, 1.54) is 0 Å². The first-order chi connectivity index (χ1) is 7.31. The van der Waals surface area contributed by atoms with Gasteiger partial charge < -0.3 is 5.73 Å². The van der Waals surface area contributed by atoms with Crippen molar-refractivity contribution in [1.82, 2.24) is 4.98 Å². The van der Waals surface area contributed by atoms with Crippen LogP contribution in [0.15, 0.2) is 42.6 Å². The molecule has 2 aromatic rings. The van der Waals surface area contributed by atoms with E-state index in [1.807, 2.05) is 18.2 Å². The molecule has 0 aliphatic rings. The highest BCUT2D eigenvalue weighted by Crippen LogP contribution is 2.22. The minimum Gasteiger partial charge on any atom is -0.383 e. The molecular weight excluding hydrogens is 252 g/mol. The number of hydrogen-bond acceptors (Lipinski definition) is 2. The molecule has 0 spiro atoms. The maximum atomic E-state index is 5.74. The molecule has 1 aromatic carbocycles. The predicted molar refractivity (Wildman–Crippen MR) is 66.7 cm³/mol. The second-order valence-corrected chi connectivity index (χ2v) is 3.83. The maximum Gasteiger partial charge on any atom is 0.127 e. The SMILES string of the molecule is Nc1ncc(-c2ccccc2)cc1CBr. The third-order valence-corrected chi connectivity index (χ3v) is 2.86. The first kappa shape index (κ1) is 10.2. The number of hydrogen-bond donors (Lipinski definition) is 1. The van der Waals surface area contributed by atoms with Crippen molar-refractivity contribution < 1.29 is 0 Å². The molecule has 0 atom stereocenters. The molecule has 2 nitrogen and oxygen atoms in total. The molecule has 0 unspecified atom stereocenters. The van der Waals surface area contributed by atoms with Crippen LogP contribution in [0.1, 0.15) is 5.56 Å². The van der Waals surface area contributed by atoms with Crippen molar-refractivity contribution in [3.05, 3.63) is 48.2 Å². The summed E-state index contributed by atoms with van der Waals surface area (Å²) in [5, 5.41) is 0.729. The van der Waals surface area contributed by atoms with Crippen molar-refractivity contribution in [3.63, 3.8) is 0 Å². The van der Waals surface area contributed by atoms with Gasteiger partial charge in [-0.25, -0.2) is 4.98 Å². The second-order valence-electron chi connectivity index (χ2n) is 3.27. The third-order valence-electron chi connectivity index (χ3n) is 2.25. The van der Waals surface area contributed by atoms with Gasteiger partial charge >= 0.3 is 0 Å². The van der Waals surface area contributed by atoms with Gasteiger partial charge in [0, 0.05) is 22.7 Å². The molecule has 15 heavy (non-hydrogen) atoms. The smallest absolute Gasteiger partial charge is 0.127 e. The molecule has 0 radical (unpaired) electrons. The molecule has 0 bridgehead atoms. The van der Waals surface area contributed by atoms with Crippen molar-refractivity contribution in [2.45, 2.75) is 5.33 Å². The first-order valence-corrected chi connectivity index (χ1v) is 5.79. The van der Waals surface area contributed by atoms with Gasteiger partial charge in [-0.3, -0.25) is 0 Å². The normalized spacial score (nSPS) is 10.2. The van der Waals surface area contributed by atoms with Gasteiger partial charge in [0.15, 0.2) is 0 Å². The van der Waals surface area contributed by atoms with Gasteiger partial charge in [-0.05, 0) is 11.6 Å². The van der Waals surface area contributed by atoms with Crippen LogP contribution >= 0.6 is 15.9 Å². The van der Waals surface area contributed by atoms with Gasteiger partial charge in [0.2, 0.25) is 0 Å². The Labute approximate surface area is 97.3 Å². The fourth-order valence-corrected chi connectivity index (χ4v) is 1.87. The fourth-order valence-electron chi connectivity index (χ4n) is 1.42. The van der Waals surface area contributed by atoms with Crippen LogP contribution in [-0.2, 0) is 5.33 Å². The van der Waals surface area contributed by atoms with Crippen LogP contribution in [0, 0.1) is 0 Å². The van der Waals surface area contributed by atoms with E-state index in [9.17, 15) is 0 Å². The molecule has 0 saturated carbocycles. The molecule has 1 aromatic heterocycles. The minimum absolute atomic E-state index is 0.589. The zero-order valence-electron chi connectivity index (χ0n) is 8.15. The lowest BCUT2D eigenvalue weighted by Crippen LogP contribution is -1.95. The predicted octanol–water partition coefficient (Wildman–Crippen LogP) is 3.23. The molecule has 0 fully saturated rings. The summed E-state index contributed by atoms with van der Waals surface area (Å²) in [5.74, 6) is 0.589. The van der Waals surface area contributed by atoms with Crippen molar-refractivity contribution in [1.29, 1.82) is 0 Å². The number of nitrogens with two attached hydrogens (primary N) is 1. The summed E-state index contributed by atoms with van der Waals surface area (Å²) in [6.45, 7) is 0. The molecule has 1 heterocycles. The third kappa shape index (κ3) is 2.18. The summed E-state index contributed by atoms with van der Waals surface area (Å²) >= 11 is 3.40. The van der Waals surface area contributed by atoms with Crippen LogP contribution in [0.2, 0.25) is 0 Å². The fraction of sp³-hybridized carbons (Fsp3) is 0.0833. The summed E-state index contributed by atoms with van der Waals surface area (Å²) < 4.78 is 0. The molecule has 0 amide bonds. The average molecular weight is 263 g/mol. The van der Waals surface area contributed by atoms with Gasteiger partial charge in [0.25, 0.3) is 0 Å². The number of benzene rings is 1. The summed E-state index contributed by atoms with van der Waals surface area (Å²) in [7, 11) is 0. The quantitative estimate of drug-likeness (QED) is 0.845. The van der Waals surface area contributed by atoms with Crippen LogP contribution in [0.4, 0.5) is 5.82 Å². The van der Waals surface area contributed by atoms with E-state index in [1.54, 1.807) is 6.20 Å². The number of halogens is 1. The monoisotopic (exact) mass is 262 g/mol. The Hall–Kier alpha value is -1.35. The van der Waals surface area contributed by atoms with Gasteiger partial charge in [-0.15, -0.1) is 0 Å². The Kier molecular flexibility index (Phi) is 3.02. The van der Waals surface area contributed by atoms with E-state index in [4.69, 9.17) is 5.73 Å². The molecule has 76 valence electrons. The minimum atomic E-state index is 0.589. The molecule has 0 aliphatic carbocycles. The van der Waals surface area contributed by atoms with Crippen molar-refractivity contribution >= 4 is 21.7 Å². The van der Waals surface area contributed by atoms with Crippen LogP contribution in [0.3, 0.4) is 0 Å². The average Bonchev–Trinajstić information content (AvgIpc) is 2.31. The lowest BCUT2D eigenvalue weighted by molar-refractivity contribution is 1.27. The van der Waals surface area contributed by atoms with Crippen LogP contribution in [0.5, 0.6) is 0 Å². The largest absolute Gasteiger partial charge is 0.383 e. The standard InChI is InChI=1S/C12H11BrN2/c13-7-10-6-11(8-15-12(10)14)9-4-2-1-3-5-9/h1-6,8H,7H2,(H2,14,15). The van der Waals surface area contributed by atoms with Crippen molar-refractivity contribution in [3.8, 4) is 11.1 Å². The van der Waals surface area contributed by atoms with Crippen LogP contribution < -0.4 is 5.73 Å². The Balaban J connectivity index is 2.46. The van der Waals surface area contributed by atoms with Gasteiger partial charge in [0.05, 0.1) is 0 Å². The summed E-state index contributed by atoms with van der Waals surface area (Å²) in [6.07, 6.45) is 1.80. The highest BCUT2D eigenvalue weighted by atomic mass is 79.9. The van der Waals surface area contributed by atoms with Crippen molar-refractivity contribution in [2.75, 3.05) is 5.73 Å². The summed E-state index contributed by atoms with van der Waals surface area (Å²) in [6, 6.07) is 12.2. The van der Waals surface area contributed by atoms with E-state index in [2.05, 4.69) is 39.1 Å². The zero-order valence-corrected chi connectivity index (χ0v) is 9.74. The number of nitrogens with zero attached hydrogens (tertiary/aromatic N) is 1. The number of rotatable bonds is 2. The molecule has 2 rings (SSSR count). The van der Waals surface area contributed by atoms with Gasteiger partial charge in [-0.2, -0.15) is 0 Å². The highest BCUT2D eigenvalue weighted by molar-refractivity contribution is 9.08. The Morgan fingerprint density at radius 3 is 2.53 bits per heavy atom. The Morgan fingerprint density at radius 1 is 1.13 bits per heavy atom. The zero-order chi connectivity index (χ0) is 10.7. The topological polar surface area (TPSA) is 38.9 Å².